The number of hydrogen-bond donors (Lipinski definition) is 1. The first kappa shape index (κ1) is 14.7. The van der Waals surface area contributed by atoms with Gasteiger partial charge in [-0.05, 0) is 31.9 Å². The highest BCUT2D eigenvalue weighted by molar-refractivity contribution is 7.89. The smallest absolute Gasteiger partial charge is 0.243 e. The molecule has 0 spiro atoms. The molecule has 0 unspecified atom stereocenters. The summed E-state index contributed by atoms with van der Waals surface area (Å²) < 4.78 is 28.6. The van der Waals surface area contributed by atoms with E-state index in [1.807, 2.05) is 45.0 Å². The number of rotatable bonds is 5. The van der Waals surface area contributed by atoms with Crippen LogP contribution in [0.25, 0.3) is 0 Å². The Hall–Kier alpha value is -1.66. The van der Waals surface area contributed by atoms with Crippen molar-refractivity contribution >= 4 is 10.0 Å². The molecule has 0 radical (unpaired) electrons. The predicted octanol–water partition coefficient (Wildman–Crippen LogP) is 2.25. The van der Waals surface area contributed by atoms with Crippen molar-refractivity contribution < 1.29 is 8.42 Å². The van der Waals surface area contributed by atoms with Crippen molar-refractivity contribution in [2.75, 3.05) is 0 Å². The zero-order chi connectivity index (χ0) is 14.8. The Bertz CT molecular complexity index is 690. The Morgan fingerprint density at radius 1 is 1.30 bits per heavy atom. The lowest BCUT2D eigenvalue weighted by atomic mass is 10.1. The van der Waals surface area contributed by atoms with Crippen molar-refractivity contribution in [2.24, 2.45) is 0 Å². The highest BCUT2D eigenvalue weighted by Crippen LogP contribution is 2.12. The summed E-state index contributed by atoms with van der Waals surface area (Å²) in [6.45, 7) is 6.14. The molecular formula is C14H19N3O2S. The average molecular weight is 293 g/mol. The van der Waals surface area contributed by atoms with E-state index in [4.69, 9.17) is 0 Å². The van der Waals surface area contributed by atoms with Crippen LogP contribution in [0.3, 0.4) is 0 Å². The molecule has 1 N–H and O–H groups in total. The van der Waals surface area contributed by atoms with Gasteiger partial charge in [0.05, 0.1) is 6.20 Å². The fourth-order valence-corrected chi connectivity index (χ4v) is 2.75. The molecule has 0 aliphatic rings. The van der Waals surface area contributed by atoms with Crippen molar-refractivity contribution in [3.05, 3.63) is 47.8 Å². The van der Waals surface area contributed by atoms with E-state index >= 15 is 0 Å². The lowest BCUT2D eigenvalue weighted by molar-refractivity contribution is 0.531. The Morgan fingerprint density at radius 3 is 2.60 bits per heavy atom. The molecule has 1 aromatic heterocycles. The Labute approximate surface area is 119 Å². The molecule has 20 heavy (non-hydrogen) atoms. The molecule has 6 heteroatoms. The highest BCUT2D eigenvalue weighted by atomic mass is 32.2. The van der Waals surface area contributed by atoms with Crippen LogP contribution in [0.2, 0.25) is 0 Å². The molecule has 108 valence electrons. The van der Waals surface area contributed by atoms with E-state index in [0.717, 1.165) is 11.1 Å². The van der Waals surface area contributed by atoms with Gasteiger partial charge < -0.3 is 0 Å². The lowest BCUT2D eigenvalue weighted by Gasteiger charge is -2.07. The maximum absolute atomic E-state index is 12.2. The van der Waals surface area contributed by atoms with Crippen molar-refractivity contribution in [2.45, 2.75) is 38.3 Å². The van der Waals surface area contributed by atoms with E-state index in [0.29, 0.717) is 0 Å². The van der Waals surface area contributed by atoms with E-state index < -0.39 is 10.0 Å². The Balaban J connectivity index is 2.13. The number of benzene rings is 1. The van der Waals surface area contributed by atoms with E-state index in [2.05, 4.69) is 9.82 Å². The van der Waals surface area contributed by atoms with Gasteiger partial charge in [0, 0.05) is 18.8 Å². The van der Waals surface area contributed by atoms with E-state index in [9.17, 15) is 8.42 Å². The number of nitrogens with one attached hydrogen (secondary N) is 1. The van der Waals surface area contributed by atoms with Crippen LogP contribution < -0.4 is 4.72 Å². The molecule has 2 aromatic rings. The highest BCUT2D eigenvalue weighted by Gasteiger charge is 2.17. The van der Waals surface area contributed by atoms with E-state index in [-0.39, 0.29) is 17.5 Å². The van der Waals surface area contributed by atoms with Gasteiger partial charge in [-0.25, -0.2) is 13.1 Å². The topological polar surface area (TPSA) is 64.0 Å². The Morgan fingerprint density at radius 2 is 2.00 bits per heavy atom. The molecule has 2 rings (SSSR count). The van der Waals surface area contributed by atoms with E-state index in [1.165, 1.54) is 6.20 Å². The molecule has 0 saturated heterocycles. The second-order valence-corrected chi connectivity index (χ2v) is 6.77. The lowest BCUT2D eigenvalue weighted by Crippen LogP contribution is -2.23. The van der Waals surface area contributed by atoms with Crippen LogP contribution in [-0.2, 0) is 16.6 Å². The SMILES string of the molecule is Cc1ccccc1CNS(=O)(=O)c1cnn(C(C)C)c1. The summed E-state index contributed by atoms with van der Waals surface area (Å²) in [7, 11) is -3.52. The van der Waals surface area contributed by atoms with Crippen LogP contribution in [0.15, 0.2) is 41.6 Å². The maximum atomic E-state index is 12.2. The van der Waals surface area contributed by atoms with Gasteiger partial charge in [-0.15, -0.1) is 0 Å². The summed E-state index contributed by atoms with van der Waals surface area (Å²) in [4.78, 5) is 0.194. The van der Waals surface area contributed by atoms with Crippen molar-refractivity contribution in [3.63, 3.8) is 0 Å². The molecule has 0 saturated carbocycles. The zero-order valence-corrected chi connectivity index (χ0v) is 12.7. The first-order valence-corrected chi connectivity index (χ1v) is 7.97. The minimum Gasteiger partial charge on any atom is -0.269 e. The van der Waals surface area contributed by atoms with Crippen LogP contribution in [-0.4, -0.2) is 18.2 Å². The third-order valence-corrected chi connectivity index (χ3v) is 4.49. The summed E-state index contributed by atoms with van der Waals surface area (Å²) >= 11 is 0. The molecule has 5 nitrogen and oxygen atoms in total. The molecule has 0 aliphatic heterocycles. The van der Waals surface area contributed by atoms with Gasteiger partial charge >= 0.3 is 0 Å². The minimum atomic E-state index is -3.52. The first-order valence-electron chi connectivity index (χ1n) is 6.48. The summed E-state index contributed by atoms with van der Waals surface area (Å²) in [5.74, 6) is 0. The van der Waals surface area contributed by atoms with Crippen molar-refractivity contribution in [3.8, 4) is 0 Å². The number of nitrogens with zero attached hydrogens (tertiary/aromatic N) is 2. The van der Waals surface area contributed by atoms with Crippen LogP contribution in [0.4, 0.5) is 0 Å². The third-order valence-electron chi connectivity index (χ3n) is 3.13. The predicted molar refractivity (Wildman–Crippen MR) is 77.8 cm³/mol. The second-order valence-electron chi connectivity index (χ2n) is 5.00. The summed E-state index contributed by atoms with van der Waals surface area (Å²) in [6, 6.07) is 7.83. The maximum Gasteiger partial charge on any atom is 0.243 e. The van der Waals surface area contributed by atoms with Gasteiger partial charge in [0.2, 0.25) is 10.0 Å². The second kappa shape index (κ2) is 5.76. The van der Waals surface area contributed by atoms with Gasteiger partial charge in [0.25, 0.3) is 0 Å². The monoisotopic (exact) mass is 293 g/mol. The van der Waals surface area contributed by atoms with Crippen molar-refractivity contribution in [1.82, 2.24) is 14.5 Å². The molecule has 1 heterocycles. The minimum absolute atomic E-state index is 0.135. The fourth-order valence-electron chi connectivity index (χ4n) is 1.81. The molecule has 0 fully saturated rings. The normalized spacial score (nSPS) is 12.0. The summed E-state index contributed by atoms with van der Waals surface area (Å²) in [5, 5.41) is 4.05. The molecule has 0 amide bonds. The van der Waals surface area contributed by atoms with Crippen molar-refractivity contribution in [1.29, 1.82) is 0 Å². The molecule has 0 aliphatic carbocycles. The summed E-state index contributed by atoms with van der Waals surface area (Å²) in [6.07, 6.45) is 2.92. The Kier molecular flexibility index (Phi) is 4.25. The number of hydrogen-bond acceptors (Lipinski definition) is 3. The molecular weight excluding hydrogens is 274 g/mol. The van der Waals surface area contributed by atoms with Crippen LogP contribution in [0, 0.1) is 6.92 Å². The fraction of sp³-hybridized carbons (Fsp3) is 0.357. The summed E-state index contributed by atoms with van der Waals surface area (Å²) in [5.41, 5.74) is 2.03. The van der Waals surface area contributed by atoms with Crippen LogP contribution in [0.1, 0.15) is 31.0 Å². The largest absolute Gasteiger partial charge is 0.269 e. The molecule has 1 aromatic carbocycles. The zero-order valence-electron chi connectivity index (χ0n) is 11.9. The van der Waals surface area contributed by atoms with Gasteiger partial charge in [0.1, 0.15) is 4.90 Å². The van der Waals surface area contributed by atoms with Gasteiger partial charge in [0.15, 0.2) is 0 Å². The van der Waals surface area contributed by atoms with Gasteiger partial charge in [-0.1, -0.05) is 24.3 Å². The first-order chi connectivity index (χ1) is 9.40. The number of aryl methyl sites for hydroxylation is 1. The van der Waals surface area contributed by atoms with Gasteiger partial charge in [-0.2, -0.15) is 5.10 Å². The quantitative estimate of drug-likeness (QED) is 0.919. The molecule has 0 atom stereocenters. The van der Waals surface area contributed by atoms with Crippen LogP contribution in [0.5, 0.6) is 0 Å². The number of aromatic nitrogens is 2. The van der Waals surface area contributed by atoms with Crippen LogP contribution >= 0.6 is 0 Å². The third kappa shape index (κ3) is 3.26. The standard InChI is InChI=1S/C14H19N3O2S/c1-11(2)17-10-14(9-15-17)20(18,19)16-8-13-7-5-4-6-12(13)3/h4-7,9-11,16H,8H2,1-3H3. The number of sulfonamides is 1. The van der Waals surface area contributed by atoms with Gasteiger partial charge in [-0.3, -0.25) is 4.68 Å². The molecule has 0 bridgehead atoms. The average Bonchev–Trinajstić information content (AvgIpc) is 2.88. The van der Waals surface area contributed by atoms with E-state index in [1.54, 1.807) is 10.9 Å².